The Kier molecular flexibility index (Phi) is 20.2. The lowest BCUT2D eigenvalue weighted by molar-refractivity contribution is -0.142. The molecule has 0 aliphatic carbocycles. The second kappa shape index (κ2) is 23.4. The fraction of sp³-hybridized carbons (Fsp3) is 0.683. The molecule has 0 aliphatic rings. The highest BCUT2D eigenvalue weighted by molar-refractivity contribution is 7.09. The number of benzene rings is 1. The molecule has 2 rings (SSSR count). The number of amides is 3. The Balaban J connectivity index is 2.41. The van der Waals surface area contributed by atoms with Crippen molar-refractivity contribution in [1.29, 1.82) is 0 Å². The smallest absolute Gasteiger partial charge is 0.306 e. The first-order valence-corrected chi connectivity index (χ1v) is 20.7. The zero-order chi connectivity index (χ0) is 40.5. The molecule has 12 nitrogen and oxygen atoms in total. The van der Waals surface area contributed by atoms with Gasteiger partial charge in [0.2, 0.25) is 11.8 Å². The van der Waals surface area contributed by atoms with E-state index in [1.807, 2.05) is 46.4 Å². The highest BCUT2D eigenvalue weighted by atomic mass is 32.1. The normalized spacial score (nSPS) is 16.1. The summed E-state index contributed by atoms with van der Waals surface area (Å²) in [6, 6.07) is 4.78. The van der Waals surface area contributed by atoms with Gasteiger partial charge in [0.05, 0.1) is 12.0 Å². The van der Waals surface area contributed by atoms with Gasteiger partial charge in [0.25, 0.3) is 5.91 Å². The Labute approximate surface area is 327 Å². The molecule has 0 saturated heterocycles. The van der Waals surface area contributed by atoms with Gasteiger partial charge >= 0.3 is 5.97 Å². The van der Waals surface area contributed by atoms with Crippen LogP contribution in [0.1, 0.15) is 128 Å². The first-order chi connectivity index (χ1) is 25.6. The van der Waals surface area contributed by atoms with Crippen molar-refractivity contribution in [2.45, 2.75) is 138 Å². The number of carboxylic acid groups (broad SMARTS) is 1. The van der Waals surface area contributed by atoms with E-state index in [2.05, 4.69) is 29.8 Å². The molecule has 13 heteroatoms. The number of phenolic OH excluding ortho intramolecular Hbond substituents is 1. The van der Waals surface area contributed by atoms with Crippen LogP contribution >= 0.6 is 11.3 Å². The summed E-state index contributed by atoms with van der Waals surface area (Å²) in [7, 11) is 1.77. The third kappa shape index (κ3) is 13.9. The summed E-state index contributed by atoms with van der Waals surface area (Å²) in [4.78, 5) is 60.1. The number of phenols is 1. The van der Waals surface area contributed by atoms with Gasteiger partial charge in [-0.1, -0.05) is 87.3 Å². The average molecular weight is 774 g/mol. The largest absolute Gasteiger partial charge is 0.508 e. The van der Waals surface area contributed by atoms with Crippen LogP contribution in [0.3, 0.4) is 0 Å². The first kappa shape index (κ1) is 46.6. The minimum atomic E-state index is -0.951. The van der Waals surface area contributed by atoms with Gasteiger partial charge in [-0.25, -0.2) is 4.98 Å². The minimum absolute atomic E-state index is 0.0475. The molecule has 0 saturated carbocycles. The van der Waals surface area contributed by atoms with Crippen molar-refractivity contribution < 1.29 is 34.1 Å². The van der Waals surface area contributed by atoms with Crippen molar-refractivity contribution in [3.8, 4) is 5.75 Å². The van der Waals surface area contributed by atoms with Crippen LogP contribution in [-0.2, 0) is 25.5 Å². The summed E-state index contributed by atoms with van der Waals surface area (Å²) in [5.74, 6) is -2.17. The molecule has 3 amide bonds. The molecule has 0 unspecified atom stereocenters. The number of nitrogens with zero attached hydrogens (tertiary/aromatic N) is 2. The van der Waals surface area contributed by atoms with Crippen molar-refractivity contribution in [2.75, 3.05) is 20.2 Å². The predicted molar refractivity (Wildman–Crippen MR) is 215 cm³/mol. The van der Waals surface area contributed by atoms with Crippen LogP contribution in [0.25, 0.3) is 0 Å². The molecule has 304 valence electrons. The third-order valence-electron chi connectivity index (χ3n) is 10.3. The number of nitrogens with one attached hydrogen (secondary N) is 3. The summed E-state index contributed by atoms with van der Waals surface area (Å²) in [6.07, 6.45) is 3.59. The molecule has 5 N–H and O–H groups in total. The van der Waals surface area contributed by atoms with Crippen LogP contribution in [0, 0.1) is 23.7 Å². The number of ether oxygens (including phenoxy) is 1. The molecule has 0 aliphatic heterocycles. The van der Waals surface area contributed by atoms with Crippen molar-refractivity contribution >= 4 is 35.0 Å². The summed E-state index contributed by atoms with van der Waals surface area (Å²) in [6.45, 7) is 18.9. The van der Waals surface area contributed by atoms with Gasteiger partial charge in [-0.2, -0.15) is 0 Å². The van der Waals surface area contributed by atoms with E-state index in [4.69, 9.17) is 9.72 Å². The number of carbonyl (C=O) groups is 4. The number of thiazole rings is 1. The molecule has 1 heterocycles. The summed E-state index contributed by atoms with van der Waals surface area (Å²) in [5.41, 5.74) is 1.06. The lowest BCUT2D eigenvalue weighted by atomic mass is 9.91. The van der Waals surface area contributed by atoms with E-state index in [0.717, 1.165) is 24.8 Å². The van der Waals surface area contributed by atoms with Gasteiger partial charge in [0.1, 0.15) is 28.6 Å². The molecule has 0 radical (unpaired) electrons. The molecule has 0 bridgehead atoms. The summed E-state index contributed by atoms with van der Waals surface area (Å²) >= 11 is 1.32. The first-order valence-electron chi connectivity index (χ1n) is 19.8. The van der Waals surface area contributed by atoms with E-state index in [0.29, 0.717) is 37.4 Å². The number of hydrogen-bond acceptors (Lipinski definition) is 9. The van der Waals surface area contributed by atoms with E-state index in [-0.39, 0.29) is 53.5 Å². The van der Waals surface area contributed by atoms with E-state index < -0.39 is 42.0 Å². The van der Waals surface area contributed by atoms with Crippen LogP contribution in [0.5, 0.6) is 5.75 Å². The lowest BCUT2D eigenvalue weighted by Crippen LogP contribution is -2.59. The fourth-order valence-electron chi connectivity index (χ4n) is 6.61. The molecular formula is C41H67N5O7S. The maximum absolute atomic E-state index is 14.6. The summed E-state index contributed by atoms with van der Waals surface area (Å²) in [5, 5.41) is 30.9. The number of hydrogen-bond donors (Lipinski definition) is 5. The second-order valence-corrected chi connectivity index (χ2v) is 15.9. The minimum Gasteiger partial charge on any atom is -0.508 e. The van der Waals surface area contributed by atoms with E-state index in [1.54, 1.807) is 43.6 Å². The van der Waals surface area contributed by atoms with Gasteiger partial charge in [0, 0.05) is 37.0 Å². The molecular weight excluding hydrogens is 707 g/mol. The fourth-order valence-corrected chi connectivity index (χ4v) is 7.47. The standard InChI is InChI=1S/C41H67N5O7S/c1-11-19-46(40(50)36(27(8)14-4)45-38(49)35(42-10)26(7)13-3)33(25(5)6)23-34(53-20-12-2)39-44-32(24-54-39)37(48)43-30(21-28(9)41(51)52)22-29-15-17-31(47)18-16-29/h15-18,24-28,30,33-36,42,47H,11-14,19-23H2,1-10H3,(H,43,48)(H,45,49)(H,51,52)/t26-,27-,28-,30+,33+,34+,35+,36-/m0/s1. The molecule has 1 aromatic heterocycles. The number of likely N-dealkylation sites (N-methyl/N-ethyl adjacent to an activating group) is 1. The Hall–Kier alpha value is -3.55. The van der Waals surface area contributed by atoms with Gasteiger partial charge in [-0.15, -0.1) is 11.3 Å². The Morgan fingerprint density at radius 1 is 0.889 bits per heavy atom. The summed E-state index contributed by atoms with van der Waals surface area (Å²) < 4.78 is 6.40. The molecule has 1 aromatic carbocycles. The predicted octanol–water partition coefficient (Wildman–Crippen LogP) is 6.59. The Morgan fingerprint density at radius 2 is 1.52 bits per heavy atom. The Bertz CT molecular complexity index is 1450. The van der Waals surface area contributed by atoms with Gasteiger partial charge in [-0.05, 0) is 68.2 Å². The van der Waals surface area contributed by atoms with Crippen molar-refractivity contribution in [1.82, 2.24) is 25.8 Å². The number of carbonyl (C=O) groups excluding carboxylic acids is 3. The topological polar surface area (TPSA) is 170 Å². The molecule has 54 heavy (non-hydrogen) atoms. The number of aromatic hydroxyl groups is 1. The Morgan fingerprint density at radius 3 is 2.06 bits per heavy atom. The number of aliphatic carboxylic acids is 1. The highest BCUT2D eigenvalue weighted by Gasteiger charge is 2.38. The maximum Gasteiger partial charge on any atom is 0.306 e. The second-order valence-electron chi connectivity index (χ2n) is 15.0. The van der Waals surface area contributed by atoms with Crippen LogP contribution < -0.4 is 16.0 Å². The van der Waals surface area contributed by atoms with Gasteiger partial charge in [-0.3, -0.25) is 19.2 Å². The molecule has 0 spiro atoms. The van der Waals surface area contributed by atoms with Crippen molar-refractivity contribution in [3.05, 3.63) is 45.9 Å². The highest BCUT2D eigenvalue weighted by Crippen LogP contribution is 2.32. The number of carboxylic acids is 1. The van der Waals surface area contributed by atoms with E-state index >= 15 is 0 Å². The monoisotopic (exact) mass is 773 g/mol. The quantitative estimate of drug-likeness (QED) is 0.0748. The SMILES string of the molecule is CCCO[C@H](C[C@H](C(C)C)N(CCC)C(=O)[C@@H](NC(=O)[C@H](NC)[C@@H](C)CC)[C@@H](C)CC)c1nc(C(=O)N[C@@H](Cc2ccc(O)cc2)C[C@H](C)C(=O)O)cs1. The van der Waals surface area contributed by atoms with Crippen LogP contribution in [0.4, 0.5) is 0 Å². The third-order valence-corrected chi connectivity index (χ3v) is 11.3. The van der Waals surface area contributed by atoms with Crippen LogP contribution in [0.2, 0.25) is 0 Å². The average Bonchev–Trinajstić information content (AvgIpc) is 3.64. The van der Waals surface area contributed by atoms with Gasteiger partial charge < -0.3 is 35.8 Å². The number of aromatic nitrogens is 1. The van der Waals surface area contributed by atoms with Gasteiger partial charge in [0.15, 0.2) is 0 Å². The molecule has 8 atom stereocenters. The molecule has 0 fully saturated rings. The van der Waals surface area contributed by atoms with Crippen LogP contribution in [0.15, 0.2) is 29.6 Å². The zero-order valence-corrected chi connectivity index (χ0v) is 35.0. The zero-order valence-electron chi connectivity index (χ0n) is 34.2. The van der Waals surface area contributed by atoms with Crippen LogP contribution in [-0.4, -0.2) is 88.2 Å². The van der Waals surface area contributed by atoms with Crippen molar-refractivity contribution in [3.63, 3.8) is 0 Å². The molecule has 2 aromatic rings. The van der Waals surface area contributed by atoms with E-state index in [9.17, 15) is 29.4 Å². The number of rotatable bonds is 25. The van der Waals surface area contributed by atoms with Crippen molar-refractivity contribution in [2.24, 2.45) is 23.7 Å². The van der Waals surface area contributed by atoms with E-state index in [1.165, 1.54) is 11.3 Å². The lowest BCUT2D eigenvalue weighted by Gasteiger charge is -2.39. The maximum atomic E-state index is 14.6.